The summed E-state index contributed by atoms with van der Waals surface area (Å²) in [4.78, 5) is 22.6. The number of hydrogen-bond acceptors (Lipinski definition) is 7. The Bertz CT molecular complexity index is 2400. The molecule has 0 fully saturated rings. The van der Waals surface area contributed by atoms with E-state index in [0.29, 0.717) is 35.4 Å². The molecule has 252 valence electrons. The first-order valence-corrected chi connectivity index (χ1v) is 18.8. The highest BCUT2D eigenvalue weighted by Gasteiger charge is 2.22. The lowest BCUT2D eigenvalue weighted by Crippen LogP contribution is -2.21. The largest absolute Gasteiger partial charge is 0.438 e. The van der Waals surface area contributed by atoms with Crippen LogP contribution in [0.1, 0.15) is 37.9 Å². The van der Waals surface area contributed by atoms with Gasteiger partial charge in [0.15, 0.2) is 0 Å². The molecule has 7 rings (SSSR count). The SMILES string of the molecule is CC(C)(C)c1cc(NC(=O)Nc2ccc(Oc3ccnc(Cc4ccc5[nH]ncc5c4)n3)c3ccccc23)n(-c2ccc(P(C)(C)=O)cc2)n1. The Morgan fingerprint density at radius 3 is 2.46 bits per heavy atom. The Balaban J connectivity index is 1.11. The number of amides is 2. The Labute approximate surface area is 289 Å². The zero-order valence-electron chi connectivity index (χ0n) is 28.4. The van der Waals surface area contributed by atoms with E-state index in [1.807, 2.05) is 78.9 Å². The van der Waals surface area contributed by atoms with Crippen LogP contribution in [0.25, 0.3) is 27.4 Å². The van der Waals surface area contributed by atoms with Crippen molar-refractivity contribution >= 4 is 51.7 Å². The van der Waals surface area contributed by atoms with Gasteiger partial charge >= 0.3 is 6.03 Å². The fourth-order valence-electron chi connectivity index (χ4n) is 5.65. The molecule has 12 heteroatoms. The summed E-state index contributed by atoms with van der Waals surface area (Å²) in [5, 5.41) is 21.3. The van der Waals surface area contributed by atoms with E-state index in [9.17, 15) is 9.36 Å². The number of nitrogens with zero attached hydrogens (tertiary/aromatic N) is 5. The van der Waals surface area contributed by atoms with E-state index in [0.717, 1.165) is 43.9 Å². The third-order valence-corrected chi connectivity index (χ3v) is 9.87. The van der Waals surface area contributed by atoms with E-state index in [1.54, 1.807) is 36.5 Å². The number of aromatic amines is 1. The van der Waals surface area contributed by atoms with Gasteiger partial charge in [0.1, 0.15) is 24.5 Å². The van der Waals surface area contributed by atoms with E-state index in [4.69, 9.17) is 9.84 Å². The maximum atomic E-state index is 13.5. The van der Waals surface area contributed by atoms with Gasteiger partial charge in [-0.2, -0.15) is 15.2 Å². The first-order valence-electron chi connectivity index (χ1n) is 16.2. The number of benzene rings is 4. The van der Waals surface area contributed by atoms with E-state index >= 15 is 0 Å². The van der Waals surface area contributed by atoms with Crippen LogP contribution in [-0.2, 0) is 16.4 Å². The van der Waals surface area contributed by atoms with Gasteiger partial charge in [-0.15, -0.1) is 0 Å². The average Bonchev–Trinajstić information content (AvgIpc) is 3.73. The molecule has 0 atom stereocenters. The number of aromatic nitrogens is 6. The topological polar surface area (TPSA) is 140 Å². The van der Waals surface area contributed by atoms with Crippen LogP contribution in [-0.4, -0.2) is 49.3 Å². The summed E-state index contributed by atoms with van der Waals surface area (Å²) in [6.07, 6.45) is 4.02. The van der Waals surface area contributed by atoms with Crippen molar-refractivity contribution in [2.24, 2.45) is 0 Å². The standard InChI is InChI=1S/C38H37N8O3P/c1-38(2,3)33-22-35(46(45-33)26-11-13-27(14-12-26)50(4,5)48)43-37(47)41-31-16-17-32(29-9-7-6-8-28(29)31)49-36-18-19-39-34(42-36)21-24-10-15-30-25(20-24)23-40-44-30/h6-20,22-23H,21H2,1-5H3,(H,40,44)(H2,41,43,47). The summed E-state index contributed by atoms with van der Waals surface area (Å²) in [5.74, 6) is 2.14. The van der Waals surface area contributed by atoms with Crippen molar-refractivity contribution in [1.82, 2.24) is 29.9 Å². The van der Waals surface area contributed by atoms with E-state index in [1.165, 1.54) is 0 Å². The molecule has 0 aliphatic rings. The summed E-state index contributed by atoms with van der Waals surface area (Å²) in [6.45, 7) is 9.68. The molecule has 3 N–H and O–H groups in total. The monoisotopic (exact) mass is 684 g/mol. The van der Waals surface area contributed by atoms with Crippen LogP contribution in [0, 0.1) is 0 Å². The van der Waals surface area contributed by atoms with Crippen molar-refractivity contribution in [3.8, 4) is 17.3 Å². The van der Waals surface area contributed by atoms with Gasteiger partial charge in [0.05, 0.1) is 28.8 Å². The van der Waals surface area contributed by atoms with Gasteiger partial charge in [0.2, 0.25) is 5.88 Å². The van der Waals surface area contributed by atoms with Gasteiger partial charge in [-0.1, -0.05) is 51.1 Å². The summed E-state index contributed by atoms with van der Waals surface area (Å²) < 4.78 is 20.6. The minimum absolute atomic E-state index is 0.258. The number of anilines is 2. The second kappa shape index (κ2) is 12.9. The van der Waals surface area contributed by atoms with Gasteiger partial charge in [-0.3, -0.25) is 10.4 Å². The smallest absolute Gasteiger partial charge is 0.324 e. The van der Waals surface area contributed by atoms with Gasteiger partial charge in [0, 0.05) is 51.6 Å². The van der Waals surface area contributed by atoms with Crippen molar-refractivity contribution in [2.45, 2.75) is 32.6 Å². The molecular formula is C38H37N8O3P. The number of urea groups is 1. The molecule has 0 spiro atoms. The molecule has 3 aromatic heterocycles. The highest BCUT2D eigenvalue weighted by Crippen LogP contribution is 2.36. The molecule has 11 nitrogen and oxygen atoms in total. The van der Waals surface area contributed by atoms with E-state index < -0.39 is 13.2 Å². The Kier molecular flexibility index (Phi) is 8.45. The first-order chi connectivity index (χ1) is 23.9. The molecule has 50 heavy (non-hydrogen) atoms. The average molecular weight is 685 g/mol. The fourth-order valence-corrected chi connectivity index (χ4v) is 6.51. The zero-order valence-corrected chi connectivity index (χ0v) is 29.3. The number of nitrogens with one attached hydrogen (secondary N) is 3. The second-order valence-electron chi connectivity index (χ2n) is 13.6. The molecule has 0 aliphatic heterocycles. The van der Waals surface area contributed by atoms with Gasteiger partial charge in [0.25, 0.3) is 0 Å². The lowest BCUT2D eigenvalue weighted by Gasteiger charge is -2.14. The quantitative estimate of drug-likeness (QED) is 0.137. The molecule has 3 heterocycles. The van der Waals surface area contributed by atoms with Crippen LogP contribution in [0.15, 0.2) is 103 Å². The van der Waals surface area contributed by atoms with Crippen LogP contribution < -0.4 is 20.7 Å². The van der Waals surface area contributed by atoms with Gasteiger partial charge < -0.3 is 14.6 Å². The van der Waals surface area contributed by atoms with Crippen molar-refractivity contribution in [3.63, 3.8) is 0 Å². The maximum absolute atomic E-state index is 13.5. The summed E-state index contributed by atoms with van der Waals surface area (Å²) in [6, 6.07) is 28.0. The number of carbonyl (C=O) groups excluding carboxylic acids is 1. The van der Waals surface area contributed by atoms with Gasteiger partial charge in [-0.05, 0) is 67.4 Å². The lowest BCUT2D eigenvalue weighted by molar-refractivity contribution is 0.262. The van der Waals surface area contributed by atoms with Crippen molar-refractivity contribution in [1.29, 1.82) is 0 Å². The number of carbonyl (C=O) groups is 1. The third-order valence-electron chi connectivity index (χ3n) is 8.33. The van der Waals surface area contributed by atoms with Crippen molar-refractivity contribution < 1.29 is 14.1 Å². The fraction of sp³-hybridized carbons (Fsp3) is 0.184. The predicted molar refractivity (Wildman–Crippen MR) is 199 cm³/mol. The lowest BCUT2D eigenvalue weighted by atomic mass is 9.92. The minimum Gasteiger partial charge on any atom is -0.438 e. The highest BCUT2D eigenvalue weighted by molar-refractivity contribution is 7.70. The molecule has 2 amide bonds. The summed E-state index contributed by atoms with van der Waals surface area (Å²) in [7, 11) is -2.42. The van der Waals surface area contributed by atoms with Crippen LogP contribution in [0.3, 0.4) is 0 Å². The Morgan fingerprint density at radius 1 is 0.920 bits per heavy atom. The van der Waals surface area contributed by atoms with Crippen LogP contribution in [0.4, 0.5) is 16.3 Å². The zero-order chi connectivity index (χ0) is 35.0. The van der Waals surface area contributed by atoms with Crippen LogP contribution in [0.5, 0.6) is 11.6 Å². The molecule has 0 aliphatic carbocycles. The molecule has 0 saturated carbocycles. The Morgan fingerprint density at radius 2 is 1.70 bits per heavy atom. The molecule has 0 saturated heterocycles. The molecule has 0 radical (unpaired) electrons. The molecule has 0 bridgehead atoms. The summed E-state index contributed by atoms with van der Waals surface area (Å²) in [5.41, 5.74) is 3.95. The maximum Gasteiger partial charge on any atom is 0.324 e. The Hall–Kier alpha value is -5.80. The number of rotatable bonds is 8. The molecule has 7 aromatic rings. The van der Waals surface area contributed by atoms with E-state index in [-0.39, 0.29) is 5.41 Å². The highest BCUT2D eigenvalue weighted by atomic mass is 31.2. The number of fused-ring (bicyclic) bond motifs is 2. The predicted octanol–water partition coefficient (Wildman–Crippen LogP) is 8.26. The normalized spacial score (nSPS) is 11.9. The minimum atomic E-state index is -2.42. The molecular weight excluding hydrogens is 647 g/mol. The molecule has 0 unspecified atom stereocenters. The van der Waals surface area contributed by atoms with Crippen molar-refractivity contribution in [3.05, 3.63) is 120 Å². The number of H-pyrrole nitrogens is 1. The first kappa shape index (κ1) is 32.7. The number of ether oxygens (including phenoxy) is 1. The summed E-state index contributed by atoms with van der Waals surface area (Å²) >= 11 is 0. The number of hydrogen-bond donors (Lipinski definition) is 3. The van der Waals surface area contributed by atoms with Crippen LogP contribution in [0.2, 0.25) is 0 Å². The second-order valence-corrected chi connectivity index (χ2v) is 16.8. The van der Waals surface area contributed by atoms with Crippen LogP contribution >= 0.6 is 7.14 Å². The van der Waals surface area contributed by atoms with Crippen molar-refractivity contribution in [2.75, 3.05) is 24.0 Å². The van der Waals surface area contributed by atoms with E-state index in [2.05, 4.69) is 57.6 Å². The molecule has 4 aromatic carbocycles. The van der Waals surface area contributed by atoms with Gasteiger partial charge in [-0.25, -0.2) is 14.5 Å². The third kappa shape index (κ3) is 6.99.